The van der Waals surface area contributed by atoms with Crippen LogP contribution in [0.2, 0.25) is 0 Å². The van der Waals surface area contributed by atoms with E-state index in [9.17, 15) is 9.59 Å². The zero-order valence-electron chi connectivity index (χ0n) is 20.2. The lowest BCUT2D eigenvalue weighted by Crippen LogP contribution is -2.46. The molecule has 0 radical (unpaired) electrons. The molecule has 4 aromatic rings. The van der Waals surface area contributed by atoms with Crippen LogP contribution < -0.4 is 16.1 Å². The van der Waals surface area contributed by atoms with E-state index in [-0.39, 0.29) is 11.2 Å². The number of aryl methyl sites for hydroxylation is 1. The fourth-order valence-corrected chi connectivity index (χ4v) is 4.67. The molecule has 0 aliphatic carbocycles. The quantitative estimate of drug-likeness (QED) is 0.433. The highest BCUT2D eigenvalue weighted by Crippen LogP contribution is 2.18. The number of rotatable bonds is 6. The number of imidazole rings is 1. The van der Waals surface area contributed by atoms with Crippen LogP contribution in [-0.4, -0.2) is 49.8 Å². The molecule has 2 aromatic heterocycles. The standard InChI is InChI=1S/C27H30N6O2/c1-29-25-24(26(34)30(2)27(29)35)33(15-9-12-21-10-5-3-6-11-21)23(28-25)20-31-16-18-32(19-17-31)22-13-7-4-8-14-22/h3-14H,15-20H2,1-2H3/b12-9+. The predicted molar refractivity (Wildman–Crippen MR) is 140 cm³/mol. The van der Waals surface area contributed by atoms with E-state index in [1.54, 1.807) is 7.05 Å². The molecule has 5 rings (SSSR count). The Morgan fingerprint density at radius 3 is 2.20 bits per heavy atom. The minimum atomic E-state index is -0.366. The molecule has 8 heteroatoms. The van der Waals surface area contributed by atoms with Crippen molar-refractivity contribution in [2.75, 3.05) is 31.1 Å². The molecule has 0 atom stereocenters. The summed E-state index contributed by atoms with van der Waals surface area (Å²) in [5, 5.41) is 0. The lowest BCUT2D eigenvalue weighted by Gasteiger charge is -2.35. The molecule has 1 aliphatic heterocycles. The minimum Gasteiger partial charge on any atom is -0.369 e. The first-order valence-corrected chi connectivity index (χ1v) is 11.9. The van der Waals surface area contributed by atoms with Gasteiger partial charge in [0.15, 0.2) is 11.2 Å². The highest BCUT2D eigenvalue weighted by Gasteiger charge is 2.22. The van der Waals surface area contributed by atoms with Gasteiger partial charge in [-0.1, -0.05) is 60.7 Å². The average Bonchev–Trinajstić information content (AvgIpc) is 3.26. The van der Waals surface area contributed by atoms with Crippen LogP contribution in [0.15, 0.2) is 76.3 Å². The summed E-state index contributed by atoms with van der Waals surface area (Å²) in [7, 11) is 3.19. The number of aromatic nitrogens is 4. The van der Waals surface area contributed by atoms with Gasteiger partial charge in [0, 0.05) is 52.5 Å². The van der Waals surface area contributed by atoms with E-state index >= 15 is 0 Å². The third-order valence-corrected chi connectivity index (χ3v) is 6.68. The Hall–Kier alpha value is -3.91. The van der Waals surface area contributed by atoms with Gasteiger partial charge in [-0.25, -0.2) is 9.78 Å². The first-order valence-electron chi connectivity index (χ1n) is 11.9. The molecular formula is C27H30N6O2. The van der Waals surface area contributed by atoms with Gasteiger partial charge in [0.2, 0.25) is 0 Å². The lowest BCUT2D eigenvalue weighted by atomic mass is 10.2. The van der Waals surface area contributed by atoms with E-state index < -0.39 is 0 Å². The van der Waals surface area contributed by atoms with Crippen LogP contribution in [0.4, 0.5) is 5.69 Å². The van der Waals surface area contributed by atoms with E-state index in [1.165, 1.54) is 17.3 Å². The second-order valence-corrected chi connectivity index (χ2v) is 8.93. The highest BCUT2D eigenvalue weighted by atomic mass is 16.2. The zero-order valence-corrected chi connectivity index (χ0v) is 20.2. The van der Waals surface area contributed by atoms with Gasteiger partial charge in [0.25, 0.3) is 5.56 Å². The minimum absolute atomic E-state index is 0.316. The van der Waals surface area contributed by atoms with Gasteiger partial charge in [-0.15, -0.1) is 0 Å². The zero-order chi connectivity index (χ0) is 24.4. The Morgan fingerprint density at radius 1 is 0.857 bits per heavy atom. The Kier molecular flexibility index (Phi) is 6.37. The number of hydrogen-bond acceptors (Lipinski definition) is 5. The van der Waals surface area contributed by atoms with Gasteiger partial charge in [0.05, 0.1) is 6.54 Å². The summed E-state index contributed by atoms with van der Waals surface area (Å²) in [6, 6.07) is 20.5. The number of hydrogen-bond donors (Lipinski definition) is 0. The van der Waals surface area contributed by atoms with Crippen LogP contribution >= 0.6 is 0 Å². The molecule has 0 N–H and O–H groups in total. The topological polar surface area (TPSA) is 68.3 Å². The molecule has 0 unspecified atom stereocenters. The van der Waals surface area contributed by atoms with Gasteiger partial charge < -0.3 is 9.47 Å². The summed E-state index contributed by atoms with van der Waals surface area (Å²) < 4.78 is 4.58. The number of para-hydroxylation sites is 1. The largest absolute Gasteiger partial charge is 0.369 e. The van der Waals surface area contributed by atoms with Gasteiger partial charge in [-0.3, -0.25) is 18.8 Å². The Labute approximate surface area is 204 Å². The fraction of sp³-hybridized carbons (Fsp3) is 0.296. The smallest absolute Gasteiger partial charge is 0.332 e. The molecule has 1 fully saturated rings. The van der Waals surface area contributed by atoms with Crippen LogP contribution in [0, 0.1) is 0 Å². The second kappa shape index (κ2) is 9.76. The number of fused-ring (bicyclic) bond motifs is 1. The summed E-state index contributed by atoms with van der Waals surface area (Å²) in [5.41, 5.74) is 2.55. The molecule has 0 spiro atoms. The van der Waals surface area contributed by atoms with E-state index in [4.69, 9.17) is 4.98 Å². The molecule has 35 heavy (non-hydrogen) atoms. The summed E-state index contributed by atoms with van der Waals surface area (Å²) in [6.07, 6.45) is 4.08. The Balaban J connectivity index is 1.44. The normalized spacial score (nSPS) is 14.9. The van der Waals surface area contributed by atoms with E-state index in [0.717, 1.165) is 42.1 Å². The van der Waals surface area contributed by atoms with Gasteiger partial charge in [-0.05, 0) is 17.7 Å². The third kappa shape index (κ3) is 4.57. The molecule has 0 bridgehead atoms. The van der Waals surface area contributed by atoms with Crippen molar-refractivity contribution < 1.29 is 0 Å². The monoisotopic (exact) mass is 470 g/mol. The molecule has 8 nitrogen and oxygen atoms in total. The molecule has 3 heterocycles. The van der Waals surface area contributed by atoms with Crippen molar-refractivity contribution in [2.45, 2.75) is 13.1 Å². The summed E-state index contributed by atoms with van der Waals surface area (Å²) in [5.74, 6) is 0.796. The molecular weight excluding hydrogens is 440 g/mol. The lowest BCUT2D eigenvalue weighted by molar-refractivity contribution is 0.241. The van der Waals surface area contributed by atoms with Crippen molar-refractivity contribution in [3.05, 3.63) is 99.0 Å². The molecule has 1 saturated heterocycles. The first-order chi connectivity index (χ1) is 17.0. The molecule has 0 amide bonds. The number of anilines is 1. The number of allylic oxidation sites excluding steroid dienone is 1. The van der Waals surface area contributed by atoms with Crippen molar-refractivity contribution in [3.63, 3.8) is 0 Å². The molecule has 2 aromatic carbocycles. The van der Waals surface area contributed by atoms with E-state index in [1.807, 2.05) is 53.1 Å². The number of benzene rings is 2. The van der Waals surface area contributed by atoms with Crippen molar-refractivity contribution in [1.29, 1.82) is 0 Å². The molecule has 0 saturated carbocycles. The van der Waals surface area contributed by atoms with Crippen LogP contribution in [0.3, 0.4) is 0 Å². The summed E-state index contributed by atoms with van der Waals surface area (Å²) >= 11 is 0. The summed E-state index contributed by atoms with van der Waals surface area (Å²) in [4.78, 5) is 35.2. The van der Waals surface area contributed by atoms with Gasteiger partial charge in [0.1, 0.15) is 5.82 Å². The Morgan fingerprint density at radius 2 is 1.51 bits per heavy atom. The fourth-order valence-electron chi connectivity index (χ4n) is 4.67. The van der Waals surface area contributed by atoms with Crippen molar-refractivity contribution >= 4 is 22.9 Å². The van der Waals surface area contributed by atoms with Crippen molar-refractivity contribution in [1.82, 2.24) is 23.6 Å². The van der Waals surface area contributed by atoms with E-state index in [2.05, 4.69) is 34.1 Å². The summed E-state index contributed by atoms with van der Waals surface area (Å²) in [6.45, 7) is 4.77. The van der Waals surface area contributed by atoms with Crippen LogP contribution in [0.5, 0.6) is 0 Å². The van der Waals surface area contributed by atoms with Crippen molar-refractivity contribution in [3.8, 4) is 0 Å². The first kappa shape index (κ1) is 22.9. The SMILES string of the molecule is Cn1c(=O)c2c(nc(CN3CCN(c4ccccc4)CC3)n2C/C=C/c2ccccc2)n(C)c1=O. The Bertz CT molecular complexity index is 1460. The van der Waals surface area contributed by atoms with Crippen molar-refractivity contribution in [2.24, 2.45) is 14.1 Å². The molecule has 1 aliphatic rings. The molecule has 180 valence electrons. The highest BCUT2D eigenvalue weighted by molar-refractivity contribution is 5.71. The average molecular weight is 471 g/mol. The predicted octanol–water partition coefficient (Wildman–Crippen LogP) is 2.47. The van der Waals surface area contributed by atoms with Gasteiger partial charge >= 0.3 is 5.69 Å². The maximum absolute atomic E-state index is 13.1. The van der Waals surface area contributed by atoms with Gasteiger partial charge in [-0.2, -0.15) is 0 Å². The van der Waals surface area contributed by atoms with Crippen LogP contribution in [0.1, 0.15) is 11.4 Å². The van der Waals surface area contributed by atoms with E-state index in [0.29, 0.717) is 24.3 Å². The second-order valence-electron chi connectivity index (χ2n) is 8.93. The maximum atomic E-state index is 13.1. The van der Waals surface area contributed by atoms with Crippen LogP contribution in [0.25, 0.3) is 17.2 Å². The maximum Gasteiger partial charge on any atom is 0.332 e. The number of nitrogens with zero attached hydrogens (tertiary/aromatic N) is 6. The van der Waals surface area contributed by atoms with Crippen LogP contribution in [-0.2, 0) is 27.2 Å². The number of piperazine rings is 1. The third-order valence-electron chi connectivity index (χ3n) is 6.68.